The van der Waals surface area contributed by atoms with Crippen LogP contribution in [0.25, 0.3) is 0 Å². The van der Waals surface area contributed by atoms with E-state index in [4.69, 9.17) is 15.3 Å². The zero-order valence-electron chi connectivity index (χ0n) is 10.2. The van der Waals surface area contributed by atoms with Gasteiger partial charge in [0.15, 0.2) is 0 Å². The molecule has 5 heteroatoms. The highest BCUT2D eigenvalue weighted by molar-refractivity contribution is 5.96. The van der Waals surface area contributed by atoms with E-state index >= 15 is 0 Å². The van der Waals surface area contributed by atoms with Crippen molar-refractivity contribution >= 4 is 5.91 Å². The predicted molar refractivity (Wildman–Crippen MR) is 67.1 cm³/mol. The van der Waals surface area contributed by atoms with Crippen molar-refractivity contribution in [1.29, 1.82) is 0 Å². The van der Waals surface area contributed by atoms with E-state index in [2.05, 4.69) is 5.43 Å². The van der Waals surface area contributed by atoms with Crippen molar-refractivity contribution < 1.29 is 14.3 Å². The van der Waals surface area contributed by atoms with E-state index in [1.165, 1.54) is 12.8 Å². The van der Waals surface area contributed by atoms with Gasteiger partial charge in [0.2, 0.25) is 0 Å². The maximum Gasteiger partial charge on any atom is 0.268 e. The van der Waals surface area contributed by atoms with Gasteiger partial charge < -0.3 is 9.47 Å². The molecule has 0 heterocycles. The molecule has 2 rings (SSSR count). The Labute approximate surface area is 106 Å². The number of para-hydroxylation sites is 1. The average molecular weight is 250 g/mol. The summed E-state index contributed by atoms with van der Waals surface area (Å²) in [6, 6.07) is 6.99. The Morgan fingerprint density at radius 1 is 1.33 bits per heavy atom. The van der Waals surface area contributed by atoms with E-state index in [0.717, 1.165) is 12.5 Å². The van der Waals surface area contributed by atoms with Crippen molar-refractivity contribution in [3.05, 3.63) is 29.8 Å². The van der Waals surface area contributed by atoms with Crippen LogP contribution in [0.3, 0.4) is 0 Å². The summed E-state index contributed by atoms with van der Waals surface area (Å²) in [4.78, 5) is 11.5. The standard InChI is InChI=1S/C13H18N2O3/c14-15-13(16)11-3-1-2-4-12(11)18-8-7-17-9-10-5-6-10/h1-4,10H,5-9,14H2,(H,15,16). The highest BCUT2D eigenvalue weighted by Crippen LogP contribution is 2.28. The van der Waals surface area contributed by atoms with Gasteiger partial charge in [0.1, 0.15) is 12.4 Å². The number of hydrogen-bond donors (Lipinski definition) is 2. The summed E-state index contributed by atoms with van der Waals surface area (Å²) >= 11 is 0. The number of amides is 1. The van der Waals surface area contributed by atoms with Crippen molar-refractivity contribution in [3.8, 4) is 5.75 Å². The Balaban J connectivity index is 1.78. The Morgan fingerprint density at radius 2 is 2.11 bits per heavy atom. The quantitative estimate of drug-likeness (QED) is 0.329. The predicted octanol–water partition coefficient (Wildman–Crippen LogP) is 1.10. The van der Waals surface area contributed by atoms with Crippen molar-refractivity contribution in [1.82, 2.24) is 5.43 Å². The highest BCUT2D eigenvalue weighted by Gasteiger charge is 2.20. The number of nitrogens with one attached hydrogen (secondary N) is 1. The van der Waals surface area contributed by atoms with Gasteiger partial charge in [-0.15, -0.1) is 0 Å². The molecule has 1 aliphatic rings. The van der Waals surface area contributed by atoms with E-state index in [1.807, 2.05) is 6.07 Å². The molecule has 0 aliphatic heterocycles. The van der Waals surface area contributed by atoms with Crippen molar-refractivity contribution in [2.45, 2.75) is 12.8 Å². The molecule has 0 spiro atoms. The smallest absolute Gasteiger partial charge is 0.268 e. The molecule has 5 nitrogen and oxygen atoms in total. The van der Waals surface area contributed by atoms with Gasteiger partial charge >= 0.3 is 0 Å². The fourth-order valence-corrected chi connectivity index (χ4v) is 1.60. The molecule has 0 atom stereocenters. The maximum absolute atomic E-state index is 11.5. The van der Waals surface area contributed by atoms with Crippen LogP contribution in [0, 0.1) is 5.92 Å². The number of hydrazine groups is 1. The van der Waals surface area contributed by atoms with Crippen LogP contribution in [-0.4, -0.2) is 25.7 Å². The van der Waals surface area contributed by atoms with Crippen LogP contribution < -0.4 is 16.0 Å². The van der Waals surface area contributed by atoms with Crippen LogP contribution in [0.2, 0.25) is 0 Å². The lowest BCUT2D eigenvalue weighted by atomic mass is 10.2. The van der Waals surface area contributed by atoms with Crippen LogP contribution in [0.1, 0.15) is 23.2 Å². The monoisotopic (exact) mass is 250 g/mol. The molecule has 1 aliphatic carbocycles. The van der Waals surface area contributed by atoms with Crippen LogP contribution in [0.15, 0.2) is 24.3 Å². The molecule has 18 heavy (non-hydrogen) atoms. The molecule has 1 aromatic carbocycles. The van der Waals surface area contributed by atoms with E-state index in [-0.39, 0.29) is 5.91 Å². The second-order valence-corrected chi connectivity index (χ2v) is 4.34. The Morgan fingerprint density at radius 3 is 2.83 bits per heavy atom. The van der Waals surface area contributed by atoms with Crippen molar-refractivity contribution in [2.24, 2.45) is 11.8 Å². The van der Waals surface area contributed by atoms with Gasteiger partial charge in [-0.3, -0.25) is 10.2 Å². The third-order valence-electron chi connectivity index (χ3n) is 2.80. The molecule has 0 saturated heterocycles. The SMILES string of the molecule is NNC(=O)c1ccccc1OCCOCC1CC1. The van der Waals surface area contributed by atoms with Gasteiger partial charge in [0.05, 0.1) is 12.2 Å². The third kappa shape index (κ3) is 3.72. The van der Waals surface area contributed by atoms with Gasteiger partial charge in [0.25, 0.3) is 5.91 Å². The molecular weight excluding hydrogens is 232 g/mol. The van der Waals surface area contributed by atoms with Gasteiger partial charge in [-0.1, -0.05) is 12.1 Å². The first-order valence-corrected chi connectivity index (χ1v) is 6.12. The molecule has 1 saturated carbocycles. The first-order chi connectivity index (χ1) is 8.81. The van der Waals surface area contributed by atoms with Crippen LogP contribution in [0.5, 0.6) is 5.75 Å². The largest absolute Gasteiger partial charge is 0.490 e. The van der Waals surface area contributed by atoms with Gasteiger partial charge in [-0.2, -0.15) is 0 Å². The van der Waals surface area contributed by atoms with Crippen molar-refractivity contribution in [3.63, 3.8) is 0 Å². The number of ether oxygens (including phenoxy) is 2. The average Bonchev–Trinajstić information content (AvgIpc) is 3.22. The second-order valence-electron chi connectivity index (χ2n) is 4.34. The molecule has 1 amide bonds. The summed E-state index contributed by atoms with van der Waals surface area (Å²) in [6.07, 6.45) is 2.56. The fourth-order valence-electron chi connectivity index (χ4n) is 1.60. The minimum atomic E-state index is -0.357. The molecule has 1 aromatic rings. The topological polar surface area (TPSA) is 73.6 Å². The lowest BCUT2D eigenvalue weighted by molar-refractivity contribution is 0.0892. The molecule has 0 bridgehead atoms. The zero-order chi connectivity index (χ0) is 12.8. The molecule has 0 radical (unpaired) electrons. The lowest BCUT2D eigenvalue weighted by Crippen LogP contribution is -2.30. The number of benzene rings is 1. The second kappa shape index (κ2) is 6.37. The van der Waals surface area contributed by atoms with Crippen LogP contribution in [0.4, 0.5) is 0 Å². The minimum Gasteiger partial charge on any atom is -0.490 e. The summed E-state index contributed by atoms with van der Waals surface area (Å²) in [5.41, 5.74) is 2.53. The van der Waals surface area contributed by atoms with E-state index in [9.17, 15) is 4.79 Å². The number of rotatable bonds is 7. The summed E-state index contributed by atoms with van der Waals surface area (Å²) in [6.45, 7) is 1.78. The molecule has 1 fully saturated rings. The third-order valence-corrected chi connectivity index (χ3v) is 2.80. The van der Waals surface area contributed by atoms with E-state index in [1.54, 1.807) is 18.2 Å². The number of nitrogen functional groups attached to an aromatic ring is 1. The van der Waals surface area contributed by atoms with Gasteiger partial charge in [0, 0.05) is 6.61 Å². The van der Waals surface area contributed by atoms with Gasteiger partial charge in [-0.25, -0.2) is 5.84 Å². The minimum absolute atomic E-state index is 0.357. The molecular formula is C13H18N2O3. The fraction of sp³-hybridized carbons (Fsp3) is 0.462. The Bertz CT molecular complexity index is 405. The van der Waals surface area contributed by atoms with E-state index < -0.39 is 0 Å². The number of carbonyl (C=O) groups is 1. The normalized spacial score (nSPS) is 14.3. The summed E-state index contributed by atoms with van der Waals surface area (Å²) < 4.78 is 11.0. The lowest BCUT2D eigenvalue weighted by Gasteiger charge is -2.10. The highest BCUT2D eigenvalue weighted by atomic mass is 16.5. The summed E-state index contributed by atoms with van der Waals surface area (Å²) in [7, 11) is 0. The molecule has 3 N–H and O–H groups in total. The molecule has 98 valence electrons. The van der Waals surface area contributed by atoms with Crippen LogP contribution >= 0.6 is 0 Å². The Hall–Kier alpha value is -1.59. The van der Waals surface area contributed by atoms with Crippen molar-refractivity contribution in [2.75, 3.05) is 19.8 Å². The Kier molecular flexibility index (Phi) is 4.55. The summed E-state index contributed by atoms with van der Waals surface area (Å²) in [5.74, 6) is 6.03. The molecule has 0 aromatic heterocycles. The first kappa shape index (κ1) is 12.9. The summed E-state index contributed by atoms with van der Waals surface area (Å²) in [5, 5.41) is 0. The number of carbonyl (C=O) groups excluding carboxylic acids is 1. The zero-order valence-corrected chi connectivity index (χ0v) is 10.2. The first-order valence-electron chi connectivity index (χ1n) is 6.12. The maximum atomic E-state index is 11.5. The number of hydrogen-bond acceptors (Lipinski definition) is 4. The van der Waals surface area contributed by atoms with Gasteiger partial charge in [-0.05, 0) is 30.9 Å². The molecule has 0 unspecified atom stereocenters. The number of nitrogens with two attached hydrogens (primary N) is 1. The van der Waals surface area contributed by atoms with Crippen LogP contribution in [-0.2, 0) is 4.74 Å². The van der Waals surface area contributed by atoms with E-state index in [0.29, 0.717) is 24.5 Å².